The van der Waals surface area contributed by atoms with Gasteiger partial charge in [0.2, 0.25) is 5.28 Å². The fourth-order valence-electron chi connectivity index (χ4n) is 2.17. The van der Waals surface area contributed by atoms with E-state index in [9.17, 15) is 4.79 Å². The summed E-state index contributed by atoms with van der Waals surface area (Å²) in [6.07, 6.45) is 2.27. The quantitative estimate of drug-likeness (QED) is 0.537. The minimum absolute atomic E-state index is 0.0428. The van der Waals surface area contributed by atoms with Gasteiger partial charge in [0.05, 0.1) is 12.4 Å². The van der Waals surface area contributed by atoms with E-state index in [4.69, 9.17) is 16.3 Å². The van der Waals surface area contributed by atoms with Gasteiger partial charge in [-0.25, -0.2) is 9.78 Å². The zero-order chi connectivity index (χ0) is 12.0. The molecule has 2 aromatic rings. The molecule has 0 saturated carbocycles. The zero-order valence-electron chi connectivity index (χ0n) is 9.26. The third kappa shape index (κ3) is 1.62. The number of rotatable bonds is 1. The van der Waals surface area contributed by atoms with Crippen molar-refractivity contribution in [2.45, 2.75) is 6.04 Å². The van der Waals surface area contributed by atoms with Crippen molar-refractivity contribution in [3.63, 3.8) is 0 Å². The first kappa shape index (κ1) is 10.9. The van der Waals surface area contributed by atoms with Gasteiger partial charge in [0.25, 0.3) is 0 Å². The van der Waals surface area contributed by atoms with Crippen LogP contribution in [0.1, 0.15) is 0 Å². The standard InChI is InChI=1S/C9H11ClN4O2Si/c1-13-6-4-11-8(10)12-7(6)14(9(13)15)17-3-2-16-5-17/h4,17H,2-3,5H2,1H3/t17-/m0/s1. The number of halogens is 1. The lowest BCUT2D eigenvalue weighted by Gasteiger charge is -2.06. The second kappa shape index (κ2) is 3.93. The second-order valence-electron chi connectivity index (χ2n) is 4.08. The predicted octanol–water partition coefficient (Wildman–Crippen LogP) is -0.0753. The highest BCUT2D eigenvalue weighted by Crippen LogP contribution is 2.15. The van der Waals surface area contributed by atoms with E-state index in [2.05, 4.69) is 9.97 Å². The molecule has 0 aliphatic carbocycles. The van der Waals surface area contributed by atoms with Crippen LogP contribution in [0, 0.1) is 0 Å². The van der Waals surface area contributed by atoms with Gasteiger partial charge in [0, 0.05) is 13.7 Å². The Labute approximate surface area is 103 Å². The van der Waals surface area contributed by atoms with E-state index >= 15 is 0 Å². The van der Waals surface area contributed by atoms with E-state index in [1.165, 1.54) is 0 Å². The van der Waals surface area contributed by atoms with E-state index in [-0.39, 0.29) is 11.0 Å². The molecule has 1 atom stereocenters. The van der Waals surface area contributed by atoms with Crippen LogP contribution in [0.3, 0.4) is 0 Å². The summed E-state index contributed by atoms with van der Waals surface area (Å²) < 4.78 is 8.73. The van der Waals surface area contributed by atoms with Crippen molar-refractivity contribution in [1.82, 2.24) is 18.8 Å². The van der Waals surface area contributed by atoms with Gasteiger partial charge >= 0.3 is 5.69 Å². The molecule has 1 fully saturated rings. The molecule has 0 unspecified atom stereocenters. The molecule has 0 aromatic carbocycles. The van der Waals surface area contributed by atoms with Crippen LogP contribution in [-0.2, 0) is 11.8 Å². The van der Waals surface area contributed by atoms with Crippen LogP contribution in [0.15, 0.2) is 11.0 Å². The van der Waals surface area contributed by atoms with Crippen LogP contribution >= 0.6 is 11.6 Å². The van der Waals surface area contributed by atoms with E-state index in [0.29, 0.717) is 11.9 Å². The minimum atomic E-state index is -1.42. The summed E-state index contributed by atoms with van der Waals surface area (Å²) in [7, 11) is 0.308. The van der Waals surface area contributed by atoms with Crippen LogP contribution in [-0.4, -0.2) is 40.6 Å². The molecule has 3 heterocycles. The molecule has 17 heavy (non-hydrogen) atoms. The molecule has 1 aliphatic rings. The summed E-state index contributed by atoms with van der Waals surface area (Å²) in [5.74, 6) is 0. The van der Waals surface area contributed by atoms with Crippen LogP contribution in [0.4, 0.5) is 0 Å². The van der Waals surface area contributed by atoms with Crippen molar-refractivity contribution in [1.29, 1.82) is 0 Å². The molecule has 0 radical (unpaired) electrons. The van der Waals surface area contributed by atoms with Crippen molar-refractivity contribution >= 4 is 31.7 Å². The van der Waals surface area contributed by atoms with Gasteiger partial charge in [-0.2, -0.15) is 4.98 Å². The van der Waals surface area contributed by atoms with Gasteiger partial charge in [-0.3, -0.25) is 4.57 Å². The van der Waals surface area contributed by atoms with Crippen LogP contribution in [0.2, 0.25) is 11.3 Å². The number of hydrogen-bond donors (Lipinski definition) is 0. The lowest BCUT2D eigenvalue weighted by Crippen LogP contribution is -2.36. The maximum absolute atomic E-state index is 12.2. The number of aryl methyl sites for hydroxylation is 1. The third-order valence-electron chi connectivity index (χ3n) is 3.07. The van der Waals surface area contributed by atoms with E-state index in [1.54, 1.807) is 22.0 Å². The van der Waals surface area contributed by atoms with Crippen molar-refractivity contribution in [2.75, 3.05) is 12.8 Å². The fraction of sp³-hybridized carbons (Fsp3) is 0.444. The summed E-state index contributed by atoms with van der Waals surface area (Å²) >= 11 is 5.80. The maximum atomic E-state index is 12.2. The molecule has 1 aliphatic heterocycles. The molecule has 8 heteroatoms. The van der Waals surface area contributed by atoms with Crippen LogP contribution < -0.4 is 5.69 Å². The molecule has 1 saturated heterocycles. The molecule has 0 N–H and O–H groups in total. The Morgan fingerprint density at radius 1 is 1.59 bits per heavy atom. The highest BCUT2D eigenvalue weighted by Gasteiger charge is 2.26. The van der Waals surface area contributed by atoms with E-state index < -0.39 is 8.96 Å². The average Bonchev–Trinajstić information content (AvgIpc) is 2.88. The first-order valence-electron chi connectivity index (χ1n) is 5.35. The molecule has 3 rings (SSSR count). The lowest BCUT2D eigenvalue weighted by molar-refractivity contribution is 0.213. The average molecular weight is 271 g/mol. The molecule has 0 spiro atoms. The predicted molar refractivity (Wildman–Crippen MR) is 66.0 cm³/mol. The molecular formula is C9H11ClN4O2Si. The Balaban J connectivity index is 2.31. The van der Waals surface area contributed by atoms with Gasteiger partial charge in [-0.15, -0.1) is 0 Å². The van der Waals surface area contributed by atoms with Gasteiger partial charge in [0.15, 0.2) is 14.6 Å². The summed E-state index contributed by atoms with van der Waals surface area (Å²) in [5, 5.41) is 0.171. The molecule has 0 amide bonds. The SMILES string of the molecule is Cn1c(=O)n([Si@H]2CCOC2)c2nc(Cl)ncc21. The highest BCUT2D eigenvalue weighted by molar-refractivity contribution is 6.58. The lowest BCUT2D eigenvalue weighted by atomic mass is 10.5. The first-order valence-corrected chi connectivity index (χ1v) is 7.88. The summed E-state index contributed by atoms with van der Waals surface area (Å²) in [6.45, 7) is 0.735. The Bertz CT molecular complexity index is 632. The molecule has 6 nitrogen and oxygen atoms in total. The number of fused-ring (bicyclic) bond motifs is 1. The minimum Gasteiger partial charge on any atom is -0.383 e. The third-order valence-corrected chi connectivity index (χ3v) is 5.97. The summed E-state index contributed by atoms with van der Waals surface area (Å²) in [6, 6.07) is 0.959. The number of hydrogen-bond acceptors (Lipinski definition) is 4. The number of aromatic nitrogens is 4. The van der Waals surface area contributed by atoms with Crippen molar-refractivity contribution in [2.24, 2.45) is 7.05 Å². The maximum Gasteiger partial charge on any atom is 0.321 e. The van der Waals surface area contributed by atoms with Crippen LogP contribution in [0.25, 0.3) is 11.2 Å². The normalized spacial score (nSPS) is 20.2. The monoisotopic (exact) mass is 270 g/mol. The first-order chi connectivity index (χ1) is 8.18. The number of nitrogens with zero attached hydrogens (tertiary/aromatic N) is 4. The number of imidazole rings is 1. The highest BCUT2D eigenvalue weighted by atomic mass is 35.5. The Morgan fingerprint density at radius 2 is 2.41 bits per heavy atom. The molecule has 0 bridgehead atoms. The van der Waals surface area contributed by atoms with Crippen molar-refractivity contribution in [3.05, 3.63) is 22.0 Å². The number of ether oxygens (including phenoxy) is 1. The topological polar surface area (TPSA) is 61.9 Å². The molecule has 90 valence electrons. The molecule has 2 aromatic heterocycles. The summed E-state index contributed by atoms with van der Waals surface area (Å²) in [5.41, 5.74) is 1.32. The van der Waals surface area contributed by atoms with E-state index in [1.807, 2.05) is 0 Å². The van der Waals surface area contributed by atoms with Crippen molar-refractivity contribution in [3.8, 4) is 0 Å². The summed E-state index contributed by atoms with van der Waals surface area (Å²) in [4.78, 5) is 20.3. The fourth-order valence-corrected chi connectivity index (χ4v) is 4.77. The smallest absolute Gasteiger partial charge is 0.321 e. The van der Waals surface area contributed by atoms with E-state index in [0.717, 1.165) is 18.2 Å². The Kier molecular flexibility index (Phi) is 2.53. The molecular weight excluding hydrogens is 260 g/mol. The second-order valence-corrected chi connectivity index (χ2v) is 7.15. The van der Waals surface area contributed by atoms with Crippen molar-refractivity contribution < 1.29 is 4.74 Å². The van der Waals surface area contributed by atoms with Crippen LogP contribution in [0.5, 0.6) is 0 Å². The Hall–Kier alpha value is -1.18. The van der Waals surface area contributed by atoms with Gasteiger partial charge in [-0.05, 0) is 17.6 Å². The van der Waals surface area contributed by atoms with Gasteiger partial charge in [-0.1, -0.05) is 0 Å². The largest absolute Gasteiger partial charge is 0.383 e. The Morgan fingerprint density at radius 3 is 3.12 bits per heavy atom. The van der Waals surface area contributed by atoms with Gasteiger partial charge < -0.3 is 8.97 Å². The zero-order valence-corrected chi connectivity index (χ0v) is 11.2. The van der Waals surface area contributed by atoms with Gasteiger partial charge in [0.1, 0.15) is 5.52 Å².